The number of hydrogen-bond donors (Lipinski definition) is 1. The first-order valence-electron chi connectivity index (χ1n) is 10.5. The number of ether oxygens (including phenoxy) is 1. The van der Waals surface area contributed by atoms with Crippen molar-refractivity contribution < 1.29 is 9.13 Å². The number of piperidine rings is 1. The molecule has 1 saturated carbocycles. The fraction of sp³-hybridized carbons (Fsp3) is 0.348. The highest BCUT2D eigenvalue weighted by Gasteiger charge is 2.27. The molecule has 32 heavy (non-hydrogen) atoms. The molecule has 1 N–H and O–H groups in total. The van der Waals surface area contributed by atoms with E-state index >= 15 is 0 Å². The van der Waals surface area contributed by atoms with Crippen LogP contribution in [-0.4, -0.2) is 44.9 Å². The van der Waals surface area contributed by atoms with Gasteiger partial charge < -0.3 is 10.1 Å². The molecule has 0 unspecified atom stereocenters. The molecule has 0 amide bonds. The molecule has 1 aromatic carbocycles. The van der Waals surface area contributed by atoms with Crippen molar-refractivity contribution in [3.05, 3.63) is 54.2 Å². The van der Waals surface area contributed by atoms with Crippen molar-refractivity contribution in [3.63, 3.8) is 0 Å². The molecule has 6 rings (SSSR count). The topological polar surface area (TPSA) is 64.3 Å². The molecule has 2 fully saturated rings. The van der Waals surface area contributed by atoms with Gasteiger partial charge in [0.05, 0.1) is 0 Å². The van der Waals surface area contributed by atoms with Crippen molar-refractivity contribution >= 4 is 41.4 Å². The molecular weight excluding hydrogens is 452 g/mol. The van der Waals surface area contributed by atoms with Crippen LogP contribution >= 0.6 is 24.8 Å². The highest BCUT2D eigenvalue weighted by Crippen LogP contribution is 2.40. The van der Waals surface area contributed by atoms with E-state index < -0.39 is 12.3 Å². The second kappa shape index (κ2) is 9.17. The zero-order chi connectivity index (χ0) is 20.1. The van der Waals surface area contributed by atoms with Gasteiger partial charge in [0.1, 0.15) is 29.2 Å². The summed E-state index contributed by atoms with van der Waals surface area (Å²) in [6, 6.07) is 13.9. The normalized spacial score (nSPS) is 20.5. The van der Waals surface area contributed by atoms with Crippen LogP contribution in [0.2, 0.25) is 0 Å². The Bertz CT molecular complexity index is 1250. The Morgan fingerprint density at radius 3 is 2.69 bits per heavy atom. The highest BCUT2D eigenvalue weighted by atomic mass is 35.5. The molecule has 0 bridgehead atoms. The zero-order valence-electron chi connectivity index (χ0n) is 17.3. The number of pyridine rings is 2. The molecule has 0 spiro atoms. The first-order chi connectivity index (χ1) is 14.8. The van der Waals surface area contributed by atoms with Crippen molar-refractivity contribution in [2.75, 3.05) is 13.1 Å². The van der Waals surface area contributed by atoms with Crippen molar-refractivity contribution in [1.29, 1.82) is 0 Å². The summed E-state index contributed by atoms with van der Waals surface area (Å²) in [6.45, 7) is 1.08. The number of para-hydroxylation sites is 1. The SMILES string of the molecule is Cl.Cl.F[C@H]1CNCC[C@H]1Oc1cccc2ccc(-c3nnc4ccc(C5CC5)cn34)nc12. The van der Waals surface area contributed by atoms with E-state index in [4.69, 9.17) is 9.72 Å². The minimum absolute atomic E-state index is 0. The number of nitrogens with zero attached hydrogens (tertiary/aromatic N) is 4. The van der Waals surface area contributed by atoms with Crippen molar-refractivity contribution in [2.45, 2.75) is 37.5 Å². The van der Waals surface area contributed by atoms with Crippen LogP contribution in [0.1, 0.15) is 30.7 Å². The summed E-state index contributed by atoms with van der Waals surface area (Å²) in [5.41, 5.74) is 3.56. The Labute approximate surface area is 197 Å². The average Bonchev–Trinajstić information content (AvgIpc) is 3.54. The third-order valence-electron chi connectivity index (χ3n) is 6.01. The lowest BCUT2D eigenvalue weighted by molar-refractivity contribution is 0.0742. The highest BCUT2D eigenvalue weighted by molar-refractivity contribution is 5.86. The van der Waals surface area contributed by atoms with Crippen LogP contribution in [0, 0.1) is 0 Å². The van der Waals surface area contributed by atoms with E-state index in [1.165, 1.54) is 18.4 Å². The molecule has 1 saturated heterocycles. The zero-order valence-corrected chi connectivity index (χ0v) is 18.9. The standard InChI is InChI=1S/C23H22FN5O.2ClH/c24-17-12-25-11-10-19(17)30-20-3-1-2-15-6-8-18(26-22(15)20)23-28-27-21-9-7-16(13-29(21)23)14-4-5-14;;/h1-3,6-9,13-14,17,19,25H,4-5,10-12H2;2*1H/t17-,19+;;/m0../s1. The van der Waals surface area contributed by atoms with Crippen molar-refractivity contribution in [2.24, 2.45) is 0 Å². The second-order valence-corrected chi connectivity index (χ2v) is 8.18. The summed E-state index contributed by atoms with van der Waals surface area (Å²) in [7, 11) is 0. The molecule has 1 aliphatic carbocycles. The van der Waals surface area contributed by atoms with E-state index in [0.717, 1.165) is 28.8 Å². The van der Waals surface area contributed by atoms with Gasteiger partial charge in [-0.15, -0.1) is 35.0 Å². The molecule has 1 aliphatic heterocycles. The Balaban J connectivity index is 0.00000122. The average molecular weight is 476 g/mol. The van der Waals surface area contributed by atoms with E-state index in [2.05, 4.69) is 27.8 Å². The summed E-state index contributed by atoms with van der Waals surface area (Å²) in [5, 5.41) is 12.7. The molecule has 4 aromatic rings. The minimum atomic E-state index is -1.03. The van der Waals surface area contributed by atoms with E-state index in [-0.39, 0.29) is 24.8 Å². The van der Waals surface area contributed by atoms with Gasteiger partial charge in [0.25, 0.3) is 0 Å². The molecule has 9 heteroatoms. The van der Waals surface area contributed by atoms with Crippen LogP contribution in [0.25, 0.3) is 28.1 Å². The lowest BCUT2D eigenvalue weighted by atomic mass is 10.1. The lowest BCUT2D eigenvalue weighted by Crippen LogP contribution is -2.44. The van der Waals surface area contributed by atoms with Crippen molar-refractivity contribution in [3.8, 4) is 17.3 Å². The number of fused-ring (bicyclic) bond motifs is 2. The summed E-state index contributed by atoms with van der Waals surface area (Å²) in [6.07, 6.45) is 3.75. The Morgan fingerprint density at radius 1 is 1.00 bits per heavy atom. The number of nitrogens with one attached hydrogen (secondary N) is 1. The number of benzene rings is 1. The number of alkyl halides is 1. The number of hydrogen-bond acceptors (Lipinski definition) is 5. The van der Waals surface area contributed by atoms with Crippen LogP contribution in [0.4, 0.5) is 4.39 Å². The van der Waals surface area contributed by atoms with Crippen LogP contribution in [0.15, 0.2) is 48.7 Å². The monoisotopic (exact) mass is 475 g/mol. The quantitative estimate of drug-likeness (QED) is 0.461. The van der Waals surface area contributed by atoms with Crippen molar-refractivity contribution in [1.82, 2.24) is 24.9 Å². The van der Waals surface area contributed by atoms with E-state index in [1.54, 1.807) is 0 Å². The predicted octanol–water partition coefficient (Wildman–Crippen LogP) is 4.74. The maximum absolute atomic E-state index is 14.3. The van der Waals surface area contributed by atoms with Gasteiger partial charge in [0, 0.05) is 18.1 Å². The van der Waals surface area contributed by atoms with Gasteiger partial charge in [0.15, 0.2) is 11.5 Å². The summed E-state index contributed by atoms with van der Waals surface area (Å²) in [5.74, 6) is 1.96. The van der Waals surface area contributed by atoms with E-state index in [9.17, 15) is 4.39 Å². The van der Waals surface area contributed by atoms with Gasteiger partial charge in [-0.25, -0.2) is 9.37 Å². The molecule has 2 atom stereocenters. The van der Waals surface area contributed by atoms with E-state index in [0.29, 0.717) is 30.5 Å². The Kier molecular flexibility index (Phi) is 6.51. The summed E-state index contributed by atoms with van der Waals surface area (Å²) >= 11 is 0. The van der Waals surface area contributed by atoms with Gasteiger partial charge in [-0.05, 0) is 55.5 Å². The van der Waals surface area contributed by atoms with Crippen LogP contribution in [-0.2, 0) is 0 Å². The molecule has 4 heterocycles. The van der Waals surface area contributed by atoms with Gasteiger partial charge >= 0.3 is 0 Å². The Hall–Kier alpha value is -2.48. The molecule has 3 aromatic heterocycles. The lowest BCUT2D eigenvalue weighted by Gasteiger charge is -2.27. The van der Waals surface area contributed by atoms with Crippen LogP contribution in [0.3, 0.4) is 0 Å². The molecule has 168 valence electrons. The Morgan fingerprint density at radius 2 is 1.88 bits per heavy atom. The van der Waals surface area contributed by atoms with Gasteiger partial charge in [-0.2, -0.15) is 0 Å². The number of halogens is 3. The third kappa shape index (κ3) is 4.12. The van der Waals surface area contributed by atoms with Gasteiger partial charge in [0.2, 0.25) is 0 Å². The second-order valence-electron chi connectivity index (χ2n) is 8.18. The number of rotatable bonds is 4. The largest absolute Gasteiger partial charge is 0.485 e. The fourth-order valence-electron chi connectivity index (χ4n) is 4.17. The minimum Gasteiger partial charge on any atom is -0.485 e. The number of aromatic nitrogens is 4. The third-order valence-corrected chi connectivity index (χ3v) is 6.01. The maximum atomic E-state index is 14.3. The van der Waals surface area contributed by atoms with Gasteiger partial charge in [-0.3, -0.25) is 4.40 Å². The summed E-state index contributed by atoms with van der Waals surface area (Å²) < 4.78 is 22.4. The first kappa shape index (κ1) is 22.7. The predicted molar refractivity (Wildman–Crippen MR) is 127 cm³/mol. The van der Waals surface area contributed by atoms with E-state index in [1.807, 2.05) is 40.8 Å². The summed E-state index contributed by atoms with van der Waals surface area (Å²) in [4.78, 5) is 4.86. The maximum Gasteiger partial charge on any atom is 0.187 e. The molecule has 0 radical (unpaired) electrons. The van der Waals surface area contributed by atoms with Gasteiger partial charge in [-0.1, -0.05) is 24.3 Å². The molecule has 2 aliphatic rings. The smallest absolute Gasteiger partial charge is 0.187 e. The van der Waals surface area contributed by atoms with Crippen LogP contribution < -0.4 is 10.1 Å². The molecular formula is C23H24Cl2FN5O. The van der Waals surface area contributed by atoms with Crippen LogP contribution in [0.5, 0.6) is 5.75 Å². The molecule has 6 nitrogen and oxygen atoms in total. The fourth-order valence-corrected chi connectivity index (χ4v) is 4.17. The first-order valence-corrected chi connectivity index (χ1v) is 10.5.